The summed E-state index contributed by atoms with van der Waals surface area (Å²) in [6.07, 6.45) is 2.17. The normalized spacial score (nSPS) is 20.6. The topological polar surface area (TPSA) is 80.5 Å². The molecule has 0 radical (unpaired) electrons. The van der Waals surface area contributed by atoms with Crippen molar-refractivity contribution in [3.05, 3.63) is 42.4 Å². The number of likely N-dealkylation sites (tertiary alicyclic amines) is 1. The maximum atomic E-state index is 10.6. The predicted molar refractivity (Wildman–Crippen MR) is 101 cm³/mol. The molecule has 0 aliphatic carbocycles. The third kappa shape index (κ3) is 5.86. The summed E-state index contributed by atoms with van der Waals surface area (Å²) < 4.78 is 40.0. The number of ether oxygens (including phenoxy) is 1. The smallest absolute Gasteiger partial charge is 0.475 e. The molecule has 2 fully saturated rings. The van der Waals surface area contributed by atoms with Gasteiger partial charge < -0.3 is 9.84 Å². The molecule has 0 saturated carbocycles. The number of aromatic nitrogens is 3. The highest BCUT2D eigenvalue weighted by molar-refractivity contribution is 8.01. The van der Waals surface area contributed by atoms with E-state index in [0.29, 0.717) is 10.9 Å². The molecule has 0 aromatic carbocycles. The third-order valence-corrected chi connectivity index (χ3v) is 6.11. The van der Waals surface area contributed by atoms with Gasteiger partial charge >= 0.3 is 12.1 Å². The Morgan fingerprint density at radius 3 is 2.69 bits per heavy atom. The van der Waals surface area contributed by atoms with Gasteiger partial charge in [-0.1, -0.05) is 6.07 Å². The van der Waals surface area contributed by atoms with Gasteiger partial charge in [0.15, 0.2) is 0 Å². The molecular weight excluding hydrogens is 409 g/mol. The van der Waals surface area contributed by atoms with Crippen molar-refractivity contribution < 1.29 is 27.8 Å². The van der Waals surface area contributed by atoms with E-state index in [0.717, 1.165) is 37.7 Å². The first-order chi connectivity index (χ1) is 13.7. The second-order valence-electron chi connectivity index (χ2n) is 7.08. The number of alkyl halides is 3. The second-order valence-corrected chi connectivity index (χ2v) is 8.56. The summed E-state index contributed by atoms with van der Waals surface area (Å²) in [6, 6.07) is 5.82. The molecule has 2 aliphatic heterocycles. The van der Waals surface area contributed by atoms with Gasteiger partial charge in [-0.05, 0) is 6.07 Å². The lowest BCUT2D eigenvalue weighted by molar-refractivity contribution is -0.192. The molecule has 2 aromatic heterocycles. The number of carbonyl (C=O) groups is 1. The number of hydrogen-bond acceptors (Lipinski definition) is 6. The minimum absolute atomic E-state index is 0.292. The number of nitrogens with zero attached hydrogens (tertiary/aromatic N) is 4. The summed E-state index contributed by atoms with van der Waals surface area (Å²) in [4.78, 5) is 15.6. The Morgan fingerprint density at radius 1 is 1.41 bits per heavy atom. The van der Waals surface area contributed by atoms with Crippen molar-refractivity contribution in [3.8, 4) is 5.88 Å². The monoisotopic (exact) mass is 430 g/mol. The van der Waals surface area contributed by atoms with E-state index in [1.165, 1.54) is 5.56 Å². The lowest BCUT2D eigenvalue weighted by Crippen LogP contribution is -2.58. The van der Waals surface area contributed by atoms with Gasteiger partial charge in [-0.15, -0.1) is 11.8 Å². The Labute approximate surface area is 169 Å². The molecule has 11 heteroatoms. The fourth-order valence-corrected chi connectivity index (χ4v) is 4.96. The van der Waals surface area contributed by atoms with Crippen LogP contribution < -0.4 is 4.74 Å². The number of carboxylic acid groups (broad SMARTS) is 1. The first kappa shape index (κ1) is 21.4. The summed E-state index contributed by atoms with van der Waals surface area (Å²) >= 11 is 2.06. The zero-order chi connectivity index (χ0) is 21.1. The maximum absolute atomic E-state index is 10.6. The Hall–Kier alpha value is -2.27. The Balaban J connectivity index is 0.000000298. The van der Waals surface area contributed by atoms with Crippen LogP contribution in [-0.4, -0.2) is 66.6 Å². The highest BCUT2D eigenvalue weighted by Crippen LogP contribution is 2.46. The van der Waals surface area contributed by atoms with Gasteiger partial charge in [0.25, 0.3) is 0 Å². The zero-order valence-corrected chi connectivity index (χ0v) is 16.5. The number of rotatable bonds is 4. The molecule has 1 unspecified atom stereocenters. The molecule has 2 aromatic rings. The number of aryl methyl sites for hydroxylation is 1. The van der Waals surface area contributed by atoms with Crippen LogP contribution in [0.2, 0.25) is 0 Å². The summed E-state index contributed by atoms with van der Waals surface area (Å²) in [5.41, 5.74) is 1.29. The average Bonchev–Trinajstić information content (AvgIpc) is 3.22. The van der Waals surface area contributed by atoms with Crippen molar-refractivity contribution in [2.75, 3.05) is 18.8 Å². The van der Waals surface area contributed by atoms with E-state index < -0.39 is 12.1 Å². The van der Waals surface area contributed by atoms with Gasteiger partial charge in [-0.2, -0.15) is 18.3 Å². The number of thioether (sulfide) groups is 1. The maximum Gasteiger partial charge on any atom is 0.490 e. The van der Waals surface area contributed by atoms with Gasteiger partial charge in [-0.3, -0.25) is 9.58 Å². The molecule has 0 bridgehead atoms. The van der Waals surface area contributed by atoms with Crippen LogP contribution in [0.1, 0.15) is 12.0 Å². The minimum Gasteiger partial charge on any atom is -0.475 e. The summed E-state index contributed by atoms with van der Waals surface area (Å²) in [5.74, 6) is -0.943. The first-order valence-electron chi connectivity index (χ1n) is 8.87. The van der Waals surface area contributed by atoms with E-state index in [9.17, 15) is 13.2 Å². The molecule has 0 amide bonds. The van der Waals surface area contributed by atoms with Gasteiger partial charge in [0, 0.05) is 67.6 Å². The molecule has 4 heterocycles. The van der Waals surface area contributed by atoms with Gasteiger partial charge in [-0.25, -0.2) is 9.78 Å². The molecule has 2 saturated heterocycles. The fraction of sp³-hybridized carbons (Fsp3) is 0.500. The van der Waals surface area contributed by atoms with Crippen LogP contribution in [0, 0.1) is 0 Å². The molecule has 158 valence electrons. The molecule has 4 rings (SSSR count). The van der Waals surface area contributed by atoms with Crippen molar-refractivity contribution in [2.24, 2.45) is 7.05 Å². The van der Waals surface area contributed by atoms with Crippen molar-refractivity contribution in [1.82, 2.24) is 19.7 Å². The highest BCUT2D eigenvalue weighted by atomic mass is 32.2. The zero-order valence-electron chi connectivity index (χ0n) is 15.7. The number of halogens is 3. The molecule has 1 atom stereocenters. The van der Waals surface area contributed by atoms with Crippen LogP contribution in [0.15, 0.2) is 36.8 Å². The van der Waals surface area contributed by atoms with E-state index >= 15 is 0 Å². The second kappa shape index (κ2) is 8.62. The number of hydrogen-bond donors (Lipinski definition) is 1. The van der Waals surface area contributed by atoms with Crippen molar-refractivity contribution >= 4 is 17.7 Å². The van der Waals surface area contributed by atoms with E-state index in [2.05, 4.69) is 32.9 Å². The van der Waals surface area contributed by atoms with Crippen molar-refractivity contribution in [3.63, 3.8) is 0 Å². The van der Waals surface area contributed by atoms with Crippen LogP contribution in [-0.2, 0) is 18.4 Å². The third-order valence-electron chi connectivity index (χ3n) is 4.53. The molecule has 2 aliphatic rings. The number of carboxylic acids is 1. The molecule has 1 N–H and O–H groups in total. The van der Waals surface area contributed by atoms with Gasteiger partial charge in [0.2, 0.25) is 5.88 Å². The lowest BCUT2D eigenvalue weighted by Gasteiger charge is -2.47. The molecule has 1 spiro atoms. The minimum atomic E-state index is -5.08. The molecule has 7 nitrogen and oxygen atoms in total. The quantitative estimate of drug-likeness (QED) is 0.799. The van der Waals surface area contributed by atoms with E-state index in [1.54, 1.807) is 6.20 Å². The summed E-state index contributed by atoms with van der Waals surface area (Å²) in [5, 5.41) is 11.4. The largest absolute Gasteiger partial charge is 0.490 e. The number of aliphatic carboxylic acids is 1. The number of pyridine rings is 1. The first-order valence-corrected chi connectivity index (χ1v) is 9.85. The molecule has 29 heavy (non-hydrogen) atoms. The average molecular weight is 430 g/mol. The van der Waals surface area contributed by atoms with Crippen molar-refractivity contribution in [2.45, 2.75) is 30.0 Å². The Bertz CT molecular complexity index is 825. The predicted octanol–water partition coefficient (Wildman–Crippen LogP) is 2.59. The summed E-state index contributed by atoms with van der Waals surface area (Å²) in [7, 11) is 1.97. The van der Waals surface area contributed by atoms with E-state index in [-0.39, 0.29) is 0 Å². The van der Waals surface area contributed by atoms with Crippen LogP contribution in [0.4, 0.5) is 13.2 Å². The standard InChI is InChI=1S/C16H20N4OS.C2HF3O2/c1-19-8-13(7-18-19)9-20-11-16(12-20)6-14(10-22-16)21-15-4-2-3-5-17-15;3-2(4,5)1(6)7/h2-5,7-8,14H,6,9-12H2,1H3;(H,6,7). The Morgan fingerprint density at radius 2 is 2.14 bits per heavy atom. The van der Waals surface area contributed by atoms with Gasteiger partial charge in [0.1, 0.15) is 6.10 Å². The SMILES string of the molecule is Cn1cc(CN2CC3(CC(Oc4ccccn4)CS3)C2)cn1.O=C(O)C(F)(F)F. The highest BCUT2D eigenvalue weighted by Gasteiger charge is 2.49. The lowest BCUT2D eigenvalue weighted by atomic mass is 9.92. The van der Waals surface area contributed by atoms with E-state index in [4.69, 9.17) is 14.6 Å². The van der Waals surface area contributed by atoms with Crippen LogP contribution >= 0.6 is 11.8 Å². The van der Waals surface area contributed by atoms with Crippen molar-refractivity contribution in [1.29, 1.82) is 0 Å². The van der Waals surface area contributed by atoms with Crippen LogP contribution in [0.25, 0.3) is 0 Å². The van der Waals surface area contributed by atoms with Crippen LogP contribution in [0.5, 0.6) is 5.88 Å². The van der Waals surface area contributed by atoms with Gasteiger partial charge in [0.05, 0.1) is 6.20 Å². The van der Waals surface area contributed by atoms with Crippen LogP contribution in [0.3, 0.4) is 0 Å². The molecular formula is C18H21F3N4O3S. The van der Waals surface area contributed by atoms with E-state index in [1.807, 2.05) is 36.1 Å². The fourth-order valence-electron chi connectivity index (χ4n) is 3.38. The Kier molecular flexibility index (Phi) is 6.37. The summed E-state index contributed by atoms with van der Waals surface area (Å²) in [6.45, 7) is 3.30.